The highest BCUT2D eigenvalue weighted by atomic mass is 32.1. The molecule has 0 aliphatic carbocycles. The van der Waals surface area contributed by atoms with Gasteiger partial charge in [0.2, 0.25) is 11.8 Å². The summed E-state index contributed by atoms with van der Waals surface area (Å²) in [5, 5.41) is 2.70. The monoisotopic (exact) mass is 271 g/mol. The molecule has 0 aromatic rings. The lowest BCUT2D eigenvalue weighted by atomic mass is 9.92. The van der Waals surface area contributed by atoms with Crippen LogP contribution in [0, 0.1) is 5.41 Å². The number of amides is 2. The Hall–Kier alpha value is -1.17. The molecule has 0 bridgehead atoms. The third-order valence-corrected chi connectivity index (χ3v) is 3.78. The number of likely N-dealkylation sites (tertiary alicyclic amines) is 1. The molecule has 0 aromatic carbocycles. The van der Waals surface area contributed by atoms with Crippen molar-refractivity contribution < 1.29 is 9.59 Å². The number of nitrogens with two attached hydrogens (primary N) is 1. The Labute approximate surface area is 113 Å². The number of nitrogens with one attached hydrogen (secondary N) is 1. The Morgan fingerprint density at radius 3 is 2.39 bits per heavy atom. The van der Waals surface area contributed by atoms with Gasteiger partial charge in [0.15, 0.2) is 0 Å². The van der Waals surface area contributed by atoms with Gasteiger partial charge in [-0.1, -0.05) is 12.2 Å². The minimum atomic E-state index is -0.869. The third-order valence-electron chi connectivity index (χ3n) is 3.27. The smallest absolute Gasteiger partial charge is 0.232 e. The second-order valence-corrected chi connectivity index (χ2v) is 5.52. The van der Waals surface area contributed by atoms with E-state index in [4.69, 9.17) is 18.0 Å². The van der Waals surface area contributed by atoms with Crippen LogP contribution < -0.4 is 11.1 Å². The Morgan fingerprint density at radius 2 is 1.89 bits per heavy atom. The van der Waals surface area contributed by atoms with Gasteiger partial charge in [0.25, 0.3) is 0 Å². The quantitative estimate of drug-likeness (QED) is 0.711. The average molecular weight is 271 g/mol. The molecular weight excluding hydrogens is 250 g/mol. The zero-order chi connectivity index (χ0) is 13.8. The second kappa shape index (κ2) is 6.13. The lowest BCUT2D eigenvalue weighted by Crippen LogP contribution is -2.45. The molecule has 1 aliphatic rings. The van der Waals surface area contributed by atoms with Crippen molar-refractivity contribution in [3.63, 3.8) is 0 Å². The number of hydrogen-bond acceptors (Lipinski definition) is 3. The van der Waals surface area contributed by atoms with Gasteiger partial charge in [-0.2, -0.15) is 0 Å². The summed E-state index contributed by atoms with van der Waals surface area (Å²) in [6.07, 6.45) is 2.48. The molecule has 0 unspecified atom stereocenters. The van der Waals surface area contributed by atoms with E-state index in [9.17, 15) is 9.59 Å². The molecule has 18 heavy (non-hydrogen) atoms. The third kappa shape index (κ3) is 3.66. The predicted molar refractivity (Wildman–Crippen MR) is 74.0 cm³/mol. The number of carbonyl (C=O) groups excluding carboxylic acids is 2. The SMILES string of the molecule is CC(C)(C(=O)NCCC(=O)N1CCCC1)C(N)=S. The maximum Gasteiger partial charge on any atom is 0.232 e. The normalized spacial score (nSPS) is 15.6. The molecule has 1 heterocycles. The molecule has 1 rings (SSSR count). The average Bonchev–Trinajstić information content (AvgIpc) is 2.81. The lowest BCUT2D eigenvalue weighted by Gasteiger charge is -2.22. The van der Waals surface area contributed by atoms with Crippen LogP contribution in [0.15, 0.2) is 0 Å². The highest BCUT2D eigenvalue weighted by molar-refractivity contribution is 7.80. The first-order chi connectivity index (χ1) is 8.35. The summed E-state index contributed by atoms with van der Waals surface area (Å²) in [6, 6.07) is 0. The van der Waals surface area contributed by atoms with Gasteiger partial charge in [-0.3, -0.25) is 9.59 Å². The summed E-state index contributed by atoms with van der Waals surface area (Å²) >= 11 is 4.84. The van der Waals surface area contributed by atoms with Crippen molar-refractivity contribution in [1.29, 1.82) is 0 Å². The summed E-state index contributed by atoms with van der Waals surface area (Å²) < 4.78 is 0. The maximum absolute atomic E-state index is 11.8. The number of hydrogen-bond donors (Lipinski definition) is 2. The molecule has 0 radical (unpaired) electrons. The van der Waals surface area contributed by atoms with Crippen LogP contribution in [0.2, 0.25) is 0 Å². The molecule has 0 aromatic heterocycles. The van der Waals surface area contributed by atoms with Crippen molar-refractivity contribution in [1.82, 2.24) is 10.2 Å². The molecule has 102 valence electrons. The Bertz CT molecular complexity index is 349. The molecule has 1 aliphatic heterocycles. The molecule has 6 heteroatoms. The van der Waals surface area contributed by atoms with E-state index in [1.807, 2.05) is 4.90 Å². The number of thiocarbonyl (C=S) groups is 1. The van der Waals surface area contributed by atoms with Gasteiger partial charge in [-0.25, -0.2) is 0 Å². The van der Waals surface area contributed by atoms with Crippen molar-refractivity contribution in [2.75, 3.05) is 19.6 Å². The number of carbonyl (C=O) groups is 2. The Balaban J connectivity index is 2.31. The minimum absolute atomic E-state index is 0.0981. The van der Waals surface area contributed by atoms with Gasteiger partial charge >= 0.3 is 0 Å². The van der Waals surface area contributed by atoms with Crippen molar-refractivity contribution >= 4 is 29.0 Å². The van der Waals surface area contributed by atoms with Gasteiger partial charge in [0.05, 0.1) is 10.4 Å². The molecule has 0 atom stereocenters. The van der Waals surface area contributed by atoms with E-state index in [1.165, 1.54) is 0 Å². The van der Waals surface area contributed by atoms with Crippen LogP contribution in [0.1, 0.15) is 33.1 Å². The highest BCUT2D eigenvalue weighted by Crippen LogP contribution is 2.15. The molecule has 1 saturated heterocycles. The van der Waals surface area contributed by atoms with E-state index in [0.717, 1.165) is 25.9 Å². The fraction of sp³-hybridized carbons (Fsp3) is 0.750. The first kappa shape index (κ1) is 14.9. The van der Waals surface area contributed by atoms with Crippen molar-refractivity contribution in [2.45, 2.75) is 33.1 Å². The standard InChI is InChI=1S/C12H21N3O2S/c1-12(2,10(13)18)11(17)14-6-5-9(16)15-7-3-4-8-15/h3-8H2,1-2H3,(H2,13,18)(H,14,17). The van der Waals surface area contributed by atoms with Crippen molar-refractivity contribution in [2.24, 2.45) is 11.1 Å². The van der Waals surface area contributed by atoms with E-state index in [0.29, 0.717) is 13.0 Å². The summed E-state index contributed by atoms with van der Waals surface area (Å²) in [5.41, 5.74) is 4.63. The van der Waals surface area contributed by atoms with Gasteiger partial charge < -0.3 is 16.0 Å². The summed E-state index contributed by atoms with van der Waals surface area (Å²) in [7, 11) is 0. The van der Waals surface area contributed by atoms with E-state index >= 15 is 0 Å². The fourth-order valence-electron chi connectivity index (χ4n) is 1.74. The van der Waals surface area contributed by atoms with Gasteiger partial charge in [0, 0.05) is 26.1 Å². The molecular formula is C12H21N3O2S. The highest BCUT2D eigenvalue weighted by Gasteiger charge is 2.30. The van der Waals surface area contributed by atoms with Crippen LogP contribution in [-0.4, -0.2) is 41.3 Å². The Kier molecular flexibility index (Phi) is 5.07. The largest absolute Gasteiger partial charge is 0.392 e. The molecule has 0 saturated carbocycles. The lowest BCUT2D eigenvalue weighted by molar-refractivity contribution is -0.130. The van der Waals surface area contributed by atoms with E-state index < -0.39 is 5.41 Å². The van der Waals surface area contributed by atoms with Crippen LogP contribution in [0.4, 0.5) is 0 Å². The molecule has 0 spiro atoms. The van der Waals surface area contributed by atoms with E-state index in [2.05, 4.69) is 5.32 Å². The second-order valence-electron chi connectivity index (χ2n) is 5.08. The fourth-order valence-corrected chi connectivity index (χ4v) is 1.83. The number of rotatable bonds is 5. The minimum Gasteiger partial charge on any atom is -0.392 e. The molecule has 5 nitrogen and oxygen atoms in total. The molecule has 1 fully saturated rings. The summed E-state index contributed by atoms with van der Waals surface area (Å²) in [5.74, 6) is -0.134. The van der Waals surface area contributed by atoms with E-state index in [1.54, 1.807) is 13.8 Å². The van der Waals surface area contributed by atoms with Crippen molar-refractivity contribution in [3.05, 3.63) is 0 Å². The van der Waals surface area contributed by atoms with Crippen LogP contribution in [0.5, 0.6) is 0 Å². The summed E-state index contributed by atoms with van der Waals surface area (Å²) in [4.78, 5) is 25.5. The molecule has 2 amide bonds. The van der Waals surface area contributed by atoms with Crippen molar-refractivity contribution in [3.8, 4) is 0 Å². The van der Waals surface area contributed by atoms with Gasteiger partial charge in [0.1, 0.15) is 0 Å². The maximum atomic E-state index is 11.8. The van der Waals surface area contributed by atoms with Crippen LogP contribution in [0.25, 0.3) is 0 Å². The first-order valence-electron chi connectivity index (χ1n) is 6.21. The van der Waals surface area contributed by atoms with Crippen LogP contribution in [0.3, 0.4) is 0 Å². The molecule has 3 N–H and O–H groups in total. The Morgan fingerprint density at radius 1 is 1.33 bits per heavy atom. The van der Waals surface area contributed by atoms with Crippen LogP contribution in [-0.2, 0) is 9.59 Å². The zero-order valence-corrected chi connectivity index (χ0v) is 11.8. The predicted octanol–water partition coefficient (Wildman–Crippen LogP) is 0.427. The topological polar surface area (TPSA) is 75.4 Å². The number of nitrogens with zero attached hydrogens (tertiary/aromatic N) is 1. The van der Waals surface area contributed by atoms with Gasteiger partial charge in [-0.15, -0.1) is 0 Å². The first-order valence-corrected chi connectivity index (χ1v) is 6.62. The van der Waals surface area contributed by atoms with Crippen LogP contribution >= 0.6 is 12.2 Å². The van der Waals surface area contributed by atoms with Gasteiger partial charge in [-0.05, 0) is 26.7 Å². The van der Waals surface area contributed by atoms with E-state index in [-0.39, 0.29) is 16.8 Å². The summed E-state index contributed by atoms with van der Waals surface area (Å²) in [6.45, 7) is 5.36. The zero-order valence-electron chi connectivity index (χ0n) is 11.0.